The molecular weight excluding hydrogens is 970 g/mol. The second-order valence-electron chi connectivity index (χ2n) is 14.9. The van der Waals surface area contributed by atoms with Crippen LogP contribution < -0.4 is 86.4 Å². The number of aliphatic carboxylic acids is 4. The molecule has 0 aliphatic heterocycles. The van der Waals surface area contributed by atoms with Gasteiger partial charge in [0.25, 0.3) is 11.1 Å². The van der Waals surface area contributed by atoms with Crippen molar-refractivity contribution < 1.29 is 127 Å². The van der Waals surface area contributed by atoms with E-state index in [1.807, 2.05) is 0 Å². The molecule has 0 bridgehead atoms. The van der Waals surface area contributed by atoms with Crippen molar-refractivity contribution in [2.75, 3.05) is 20.2 Å². The van der Waals surface area contributed by atoms with Crippen LogP contribution in [0.2, 0.25) is 0 Å². The number of allylic oxidation sites excluding steroid dienone is 1. The summed E-state index contributed by atoms with van der Waals surface area (Å²) < 4.78 is 25.0. The summed E-state index contributed by atoms with van der Waals surface area (Å²) in [5.74, 6) is -5.28. The average Bonchev–Trinajstić information content (AvgIpc) is 4.14. The molecule has 0 spiro atoms. The number of thioether (sulfide) groups is 1. The van der Waals surface area contributed by atoms with Gasteiger partial charge in [-0.25, -0.2) is 9.18 Å². The summed E-state index contributed by atoms with van der Waals surface area (Å²) in [7, 11) is 1.31. The molecule has 0 radical (unpaired) electrons. The summed E-state index contributed by atoms with van der Waals surface area (Å²) in [5.41, 5.74) is 9.13. The van der Waals surface area contributed by atoms with Crippen LogP contribution in [0, 0.1) is 16.5 Å². The summed E-state index contributed by atoms with van der Waals surface area (Å²) in [5, 5.41) is 38.7. The first-order chi connectivity index (χ1) is 31.8. The molecule has 4 aliphatic rings. The third kappa shape index (κ3) is 19.9. The van der Waals surface area contributed by atoms with Crippen LogP contribution in [0.5, 0.6) is 0 Å². The number of halogens is 1. The van der Waals surface area contributed by atoms with E-state index in [1.54, 1.807) is 16.7 Å². The standard InChI is InChI=1S/C16H15FN2O3S.C9H10N2O3S.C9H13NO4.C7H9O3.C2H5NO2.2Na/c17-11-6-4-10(5-7-11)9-23-16-18-15(22)12-2-1-3-13(12)19(16)8-14(20)21;12-7(13)4-11-6-3-1-2-5(6)8(14)10-9(11)15;1-14-9(13)6-3-2-4-7(6)10-5-8(11)12;1-10-7(9)5-3-2-4-6(5)8;3-1-2(4)5;;/h4-7H,1-3,8-9H2,(H,20,21);1-4H2,(H,12,13)(H,10,14,15);10H,2-5H2,1H3,(H,11,12);5H,1-4H2;1,3H2,(H,4,5);;/q;;;+1;;2*+1/p-1. The van der Waals surface area contributed by atoms with Gasteiger partial charge in [0.05, 0.1) is 31.7 Å². The zero-order valence-corrected chi connectivity index (χ0v) is 44.1. The summed E-state index contributed by atoms with van der Waals surface area (Å²) in [4.78, 5) is 104. The Kier molecular flexibility index (Phi) is 28.5. The topological polar surface area (TPSA) is 334 Å². The van der Waals surface area contributed by atoms with Crippen molar-refractivity contribution in [1.29, 1.82) is 0 Å². The predicted octanol–water partition coefficient (Wildman–Crippen LogP) is -5.05. The first-order valence-corrected chi connectivity index (χ1v) is 22.1. The van der Waals surface area contributed by atoms with Crippen LogP contribution in [0.3, 0.4) is 0 Å². The number of hydrogen-bond donors (Lipinski definition) is 6. The molecule has 3 aromatic rings. The predicted molar refractivity (Wildman–Crippen MR) is 237 cm³/mol. The second kappa shape index (κ2) is 31.5. The number of hydrogen-bond acceptors (Lipinski definition) is 16. The van der Waals surface area contributed by atoms with Gasteiger partial charge in [0.1, 0.15) is 18.9 Å². The molecule has 1 aromatic carbocycles. The Morgan fingerprint density at radius 1 is 0.899 bits per heavy atom. The Hall–Kier alpha value is -4.66. The fourth-order valence-corrected chi connectivity index (χ4v) is 8.52. The smallest absolute Gasteiger partial charge is 0.548 e. The molecular formula is C43H51FN6Na2O15S2+2. The minimum Gasteiger partial charge on any atom is -0.548 e. The van der Waals surface area contributed by atoms with Gasteiger partial charge >= 0.3 is 89.0 Å². The number of methoxy groups -OCH3 is 1. The van der Waals surface area contributed by atoms with Crippen LogP contribution >= 0.6 is 24.0 Å². The summed E-state index contributed by atoms with van der Waals surface area (Å²) >= 11 is 6.24. The van der Waals surface area contributed by atoms with E-state index in [-0.39, 0.29) is 119 Å². The van der Waals surface area contributed by atoms with Crippen molar-refractivity contribution in [3.8, 4) is 0 Å². The molecule has 0 saturated heterocycles. The minimum absolute atomic E-state index is 0. The van der Waals surface area contributed by atoms with Gasteiger partial charge in [-0.15, -0.1) is 0 Å². The largest absolute Gasteiger partial charge is 1.00 e. The van der Waals surface area contributed by atoms with Gasteiger partial charge in [-0.05, 0) is 101 Å². The molecule has 2 aromatic heterocycles. The molecule has 21 nitrogen and oxygen atoms in total. The number of H-pyrrole nitrogens is 1. The summed E-state index contributed by atoms with van der Waals surface area (Å²) in [6.07, 6.45) is 8.66. The number of fused-ring (bicyclic) bond motifs is 2. The molecule has 26 heteroatoms. The number of nitrogens with two attached hydrogens (primary N) is 1. The molecule has 69 heavy (non-hydrogen) atoms. The van der Waals surface area contributed by atoms with Gasteiger partial charge in [0, 0.05) is 45.2 Å². The summed E-state index contributed by atoms with van der Waals surface area (Å²) in [6.45, 7) is 2.03. The van der Waals surface area contributed by atoms with Crippen LogP contribution in [-0.2, 0) is 87.2 Å². The van der Waals surface area contributed by atoms with Crippen molar-refractivity contribution in [2.45, 2.75) is 101 Å². The van der Waals surface area contributed by atoms with Crippen LogP contribution in [0.4, 0.5) is 4.39 Å². The fourth-order valence-electron chi connectivity index (χ4n) is 7.29. The van der Waals surface area contributed by atoms with E-state index < -0.39 is 35.8 Å². The zero-order chi connectivity index (χ0) is 49.8. The molecule has 362 valence electrons. The maximum absolute atomic E-state index is 12.9. The quantitative estimate of drug-likeness (QED) is 0.0178. The maximum Gasteiger partial charge on any atom is 1.00 e. The maximum atomic E-state index is 12.9. The van der Waals surface area contributed by atoms with Gasteiger partial charge in [0.2, 0.25) is 0 Å². The zero-order valence-electron chi connectivity index (χ0n) is 38.5. The van der Waals surface area contributed by atoms with Crippen LogP contribution in [0.15, 0.2) is 50.3 Å². The van der Waals surface area contributed by atoms with E-state index in [4.69, 9.17) is 27.5 Å². The first-order valence-electron chi connectivity index (χ1n) is 20.7. The number of ether oxygens (including phenoxy) is 1. The monoisotopic (exact) mass is 1020 g/mol. The van der Waals surface area contributed by atoms with E-state index >= 15 is 0 Å². The van der Waals surface area contributed by atoms with E-state index in [0.717, 1.165) is 49.1 Å². The molecule has 4 aliphatic carbocycles. The van der Waals surface area contributed by atoms with Gasteiger partial charge < -0.3 is 50.1 Å². The van der Waals surface area contributed by atoms with Crippen molar-refractivity contribution in [3.05, 3.63) is 94.9 Å². The molecule has 7 N–H and O–H groups in total. The number of rotatable bonds is 13. The Bertz CT molecular complexity index is 2570. The number of aromatic amines is 1. The van der Waals surface area contributed by atoms with E-state index in [0.29, 0.717) is 78.3 Å². The van der Waals surface area contributed by atoms with Crippen LogP contribution in [0.25, 0.3) is 0 Å². The first kappa shape index (κ1) is 62.4. The molecule has 7 rings (SSSR count). The number of carboxylic acids is 4. The minimum atomic E-state index is -1.19. The molecule has 1 atom stereocenters. The average molecular weight is 1020 g/mol. The number of benzene rings is 1. The Morgan fingerprint density at radius 3 is 1.99 bits per heavy atom. The van der Waals surface area contributed by atoms with Crippen molar-refractivity contribution >= 4 is 72.4 Å². The number of aromatic nitrogens is 4. The third-order valence-electron chi connectivity index (χ3n) is 10.3. The number of esters is 1. The Labute approximate surface area is 447 Å². The molecule has 1 unspecified atom stereocenters. The fraction of sp³-hybridized carbons (Fsp3) is 0.442. The Balaban J connectivity index is 0.000000458. The number of carboxylic acid groups (broad SMARTS) is 4. The number of nitrogens with zero attached hydrogens (tertiary/aromatic N) is 3. The van der Waals surface area contributed by atoms with Crippen molar-refractivity contribution in [3.63, 3.8) is 0 Å². The van der Waals surface area contributed by atoms with Crippen LogP contribution in [-0.4, -0.2) is 103 Å². The van der Waals surface area contributed by atoms with Crippen LogP contribution in [0.1, 0.15) is 79.4 Å². The Morgan fingerprint density at radius 2 is 1.46 bits per heavy atom. The van der Waals surface area contributed by atoms with Gasteiger partial charge in [-0.2, -0.15) is 4.98 Å². The molecule has 1 saturated carbocycles. The van der Waals surface area contributed by atoms with E-state index in [2.05, 4.69) is 37.0 Å². The normalized spacial score (nSPS) is 14.7. The van der Waals surface area contributed by atoms with Crippen molar-refractivity contribution in [1.82, 2.24) is 24.4 Å². The van der Waals surface area contributed by atoms with Gasteiger partial charge in [0.15, 0.2) is 28.4 Å². The van der Waals surface area contributed by atoms with Gasteiger partial charge in [-0.3, -0.25) is 38.2 Å². The number of Topliss-reactive ketones (excluding diaryl/α,β-unsaturated/α-hetero) is 1. The van der Waals surface area contributed by atoms with Gasteiger partial charge in [-0.1, -0.05) is 23.9 Å². The molecule has 2 heterocycles. The second-order valence-corrected chi connectivity index (χ2v) is 16.2. The molecule has 0 amide bonds. The number of nitrogens with one attached hydrogen (secondary N) is 2. The van der Waals surface area contributed by atoms with E-state index in [9.17, 15) is 52.6 Å². The third-order valence-corrected chi connectivity index (χ3v) is 11.7. The van der Waals surface area contributed by atoms with E-state index in [1.165, 1.54) is 35.6 Å². The number of carbonyl (C=O) groups excluding carboxylic acids is 5. The number of carbonyl (C=O) groups is 7. The SMILES string of the molecule is C=[O+]C(=O)C1CCCC1=O.COC(=O)C1=C(NCC(=O)[O-])CCC1.NCC(=O)O.O=C(O)Cn1c(SCc2ccc(F)cc2)nc(=O)c2c1CCC2.O=C(O)Cn1c2c(c(=O)[nH]c1=S)CCC2.[Na+].[Na+]. The molecule has 1 fully saturated rings. The number of ketones is 1. The summed E-state index contributed by atoms with van der Waals surface area (Å²) in [6, 6.07) is 6.07. The van der Waals surface area contributed by atoms with Crippen molar-refractivity contribution in [2.24, 2.45) is 11.7 Å².